The van der Waals surface area contributed by atoms with Gasteiger partial charge in [0.25, 0.3) is 0 Å². The zero-order valence-corrected chi connectivity index (χ0v) is 16.0. The lowest BCUT2D eigenvalue weighted by atomic mass is 10.2. The Morgan fingerprint density at radius 3 is 2.26 bits per heavy atom. The lowest BCUT2D eigenvalue weighted by molar-refractivity contribution is 1.18. The maximum Gasteiger partial charge on any atom is 0.326 e. The molecule has 0 saturated carbocycles. The number of guanidine groups is 1. The highest BCUT2D eigenvalue weighted by Crippen LogP contribution is 2.30. The van der Waals surface area contributed by atoms with Gasteiger partial charge in [-0.2, -0.15) is 0 Å². The Morgan fingerprint density at radius 2 is 1.63 bits per heavy atom. The maximum absolute atomic E-state index is 11.0. The lowest BCUT2D eigenvalue weighted by Crippen LogP contribution is -1.94. The molecule has 2 aromatic carbocycles. The quantitative estimate of drug-likeness (QED) is 0.157. The minimum atomic E-state index is -0.332. The predicted molar refractivity (Wildman–Crippen MR) is 110 cm³/mol. The van der Waals surface area contributed by atoms with Crippen LogP contribution in [0.3, 0.4) is 0 Å². The van der Waals surface area contributed by atoms with Crippen molar-refractivity contribution >= 4 is 59.3 Å². The zero-order valence-electron chi connectivity index (χ0n) is 14.4. The number of hydrazone groups is 1. The SMILES string of the molecule is Cc1cccc2sc(N=N/C(N=O)=N/Nc3nc4c(C)cccc4s3)nc12. The summed E-state index contributed by atoms with van der Waals surface area (Å²) in [5, 5.41) is 15.4. The molecule has 134 valence electrons. The van der Waals surface area contributed by atoms with Crippen LogP contribution >= 0.6 is 22.7 Å². The van der Waals surface area contributed by atoms with E-state index >= 15 is 0 Å². The number of aryl methyl sites for hydroxylation is 2. The molecule has 8 nitrogen and oxygen atoms in total. The standard InChI is InChI=1S/C17H13N7OS2/c1-9-5-3-7-11-13(9)18-16(26-11)22-20-15(24-25)21-23-17-19-14-10(2)6-4-8-12(14)27-17/h3-8H,1-2H3,(H,18,22)/b20-15-,23-21?. The number of anilines is 1. The van der Waals surface area contributed by atoms with E-state index < -0.39 is 0 Å². The van der Waals surface area contributed by atoms with Gasteiger partial charge in [0.05, 0.1) is 20.4 Å². The van der Waals surface area contributed by atoms with Gasteiger partial charge in [-0.1, -0.05) is 46.9 Å². The number of azo groups is 1. The molecule has 0 saturated heterocycles. The second kappa shape index (κ2) is 7.25. The maximum atomic E-state index is 11.0. The van der Waals surface area contributed by atoms with Crippen LogP contribution in [0.1, 0.15) is 11.1 Å². The van der Waals surface area contributed by atoms with Crippen LogP contribution in [0.5, 0.6) is 0 Å². The number of thiazole rings is 2. The van der Waals surface area contributed by atoms with E-state index in [0.717, 1.165) is 31.6 Å². The molecule has 0 aliphatic heterocycles. The third kappa shape index (κ3) is 3.57. The number of aromatic nitrogens is 2. The number of nitroso groups, excluding NO2 is 1. The second-order valence-corrected chi connectivity index (χ2v) is 7.71. The number of nitrogens with zero attached hydrogens (tertiary/aromatic N) is 6. The molecule has 10 heteroatoms. The van der Waals surface area contributed by atoms with Gasteiger partial charge in [-0.15, -0.1) is 20.2 Å². The molecule has 27 heavy (non-hydrogen) atoms. The molecule has 0 fully saturated rings. The number of benzene rings is 2. The van der Waals surface area contributed by atoms with Crippen molar-refractivity contribution in [1.29, 1.82) is 0 Å². The Hall–Kier alpha value is -3.11. The number of rotatable bonds is 3. The van der Waals surface area contributed by atoms with Gasteiger partial charge in [-0.05, 0) is 37.1 Å². The van der Waals surface area contributed by atoms with E-state index in [1.54, 1.807) is 0 Å². The molecule has 1 N–H and O–H groups in total. The van der Waals surface area contributed by atoms with E-state index in [1.165, 1.54) is 22.7 Å². The molecular weight excluding hydrogens is 382 g/mol. The van der Waals surface area contributed by atoms with Crippen LogP contribution in [-0.2, 0) is 0 Å². The van der Waals surface area contributed by atoms with E-state index in [4.69, 9.17) is 0 Å². The summed E-state index contributed by atoms with van der Waals surface area (Å²) in [7, 11) is 0. The third-order valence-corrected chi connectivity index (χ3v) is 5.62. The third-order valence-electron chi connectivity index (χ3n) is 3.79. The van der Waals surface area contributed by atoms with E-state index in [0.29, 0.717) is 10.3 Å². The van der Waals surface area contributed by atoms with Crippen molar-refractivity contribution in [2.75, 3.05) is 5.43 Å². The first-order valence-corrected chi connectivity index (χ1v) is 9.58. The van der Waals surface area contributed by atoms with Gasteiger partial charge in [-0.3, -0.25) is 0 Å². The summed E-state index contributed by atoms with van der Waals surface area (Å²) >= 11 is 2.81. The van der Waals surface area contributed by atoms with Crippen LogP contribution in [-0.4, -0.2) is 15.9 Å². The zero-order chi connectivity index (χ0) is 18.8. The van der Waals surface area contributed by atoms with Gasteiger partial charge in [0.2, 0.25) is 10.3 Å². The number of nitrogens with one attached hydrogen (secondary N) is 1. The van der Waals surface area contributed by atoms with E-state index in [-0.39, 0.29) is 5.96 Å². The first-order chi connectivity index (χ1) is 13.1. The average molecular weight is 395 g/mol. The van der Waals surface area contributed by atoms with Crippen molar-refractivity contribution in [3.05, 3.63) is 52.4 Å². The van der Waals surface area contributed by atoms with Gasteiger partial charge < -0.3 is 0 Å². The van der Waals surface area contributed by atoms with Gasteiger partial charge >= 0.3 is 5.96 Å². The summed E-state index contributed by atoms with van der Waals surface area (Å²) in [5.74, 6) is -0.332. The van der Waals surface area contributed by atoms with Crippen molar-refractivity contribution in [2.45, 2.75) is 13.8 Å². The minimum Gasteiger partial charge on any atom is -0.249 e. The highest BCUT2D eigenvalue weighted by molar-refractivity contribution is 7.22. The summed E-state index contributed by atoms with van der Waals surface area (Å²) in [4.78, 5) is 19.8. The number of hydrogen-bond donors (Lipinski definition) is 1. The highest BCUT2D eigenvalue weighted by Gasteiger charge is 2.07. The van der Waals surface area contributed by atoms with Crippen molar-refractivity contribution in [2.24, 2.45) is 20.5 Å². The molecular formula is C17H13N7OS2. The smallest absolute Gasteiger partial charge is 0.249 e. The molecule has 4 rings (SSSR count). The summed E-state index contributed by atoms with van der Waals surface area (Å²) in [6, 6.07) is 11.8. The van der Waals surface area contributed by atoms with E-state index in [1.807, 2.05) is 50.2 Å². The Labute approximate surface area is 161 Å². The van der Waals surface area contributed by atoms with E-state index in [9.17, 15) is 4.91 Å². The van der Waals surface area contributed by atoms with Gasteiger partial charge in [0.15, 0.2) is 0 Å². The molecule has 0 amide bonds. The predicted octanol–water partition coefficient (Wildman–Crippen LogP) is 5.76. The van der Waals surface area contributed by atoms with E-state index in [2.05, 4.69) is 35.9 Å². The van der Waals surface area contributed by atoms with Crippen LogP contribution in [0.2, 0.25) is 0 Å². The summed E-state index contributed by atoms with van der Waals surface area (Å²) < 4.78 is 2.03. The molecule has 0 bridgehead atoms. The normalized spacial score (nSPS) is 12.3. The average Bonchev–Trinajstić information content (AvgIpc) is 3.27. The fourth-order valence-corrected chi connectivity index (χ4v) is 4.25. The van der Waals surface area contributed by atoms with Crippen molar-refractivity contribution in [1.82, 2.24) is 9.97 Å². The van der Waals surface area contributed by atoms with Crippen molar-refractivity contribution < 1.29 is 0 Å². The first-order valence-electron chi connectivity index (χ1n) is 7.95. The Kier molecular flexibility index (Phi) is 4.65. The largest absolute Gasteiger partial charge is 0.326 e. The topological polar surface area (TPSA) is 104 Å². The molecule has 2 heterocycles. The summed E-state index contributed by atoms with van der Waals surface area (Å²) in [6.45, 7) is 3.97. The fourth-order valence-electron chi connectivity index (χ4n) is 2.50. The number of para-hydroxylation sites is 2. The van der Waals surface area contributed by atoms with Gasteiger partial charge in [0, 0.05) is 5.18 Å². The Morgan fingerprint density at radius 1 is 0.963 bits per heavy atom. The molecule has 0 aliphatic rings. The lowest BCUT2D eigenvalue weighted by Gasteiger charge is -1.92. The number of hydrogen-bond acceptors (Lipinski definition) is 8. The van der Waals surface area contributed by atoms with Crippen LogP contribution < -0.4 is 5.43 Å². The number of fused-ring (bicyclic) bond motifs is 2. The molecule has 0 atom stereocenters. The second-order valence-electron chi connectivity index (χ2n) is 5.67. The molecule has 0 radical (unpaired) electrons. The molecule has 0 spiro atoms. The van der Waals surface area contributed by atoms with Crippen LogP contribution in [0.15, 0.2) is 56.9 Å². The monoisotopic (exact) mass is 395 g/mol. The van der Waals surface area contributed by atoms with Crippen molar-refractivity contribution in [3.8, 4) is 0 Å². The molecule has 2 aromatic heterocycles. The Balaban J connectivity index is 1.55. The van der Waals surface area contributed by atoms with Gasteiger partial charge in [-0.25, -0.2) is 15.4 Å². The Bertz CT molecular complexity index is 1210. The summed E-state index contributed by atoms with van der Waals surface area (Å²) in [6.07, 6.45) is 0. The highest BCUT2D eigenvalue weighted by atomic mass is 32.1. The fraction of sp³-hybridized carbons (Fsp3) is 0.118. The van der Waals surface area contributed by atoms with Crippen LogP contribution in [0.4, 0.5) is 10.3 Å². The minimum absolute atomic E-state index is 0.332. The first kappa shape index (κ1) is 17.3. The van der Waals surface area contributed by atoms with Crippen LogP contribution in [0.25, 0.3) is 20.4 Å². The molecule has 0 unspecified atom stereocenters. The summed E-state index contributed by atoms with van der Waals surface area (Å²) in [5.41, 5.74) is 6.61. The van der Waals surface area contributed by atoms with Crippen LogP contribution in [0, 0.1) is 18.8 Å². The molecule has 4 aromatic rings. The van der Waals surface area contributed by atoms with Gasteiger partial charge in [0.1, 0.15) is 0 Å². The van der Waals surface area contributed by atoms with Crippen molar-refractivity contribution in [3.63, 3.8) is 0 Å². The molecule has 0 aliphatic carbocycles.